The molecule has 0 bridgehead atoms. The topological polar surface area (TPSA) is 116 Å². The minimum absolute atomic E-state index is 0.133. The van der Waals surface area contributed by atoms with Gasteiger partial charge in [0, 0.05) is 6.20 Å². The maximum atomic E-state index is 11.8. The molecule has 0 saturated heterocycles. The third-order valence-corrected chi connectivity index (χ3v) is 4.74. The molecule has 26 heavy (non-hydrogen) atoms. The molecule has 0 aliphatic heterocycles. The summed E-state index contributed by atoms with van der Waals surface area (Å²) in [7, 11) is 0. The Morgan fingerprint density at radius 2 is 2.15 bits per heavy atom. The second kappa shape index (κ2) is 7.98. The standard InChI is InChI=1S/C17H17N5O3S/c1-2-8-26(25)20-13-4-3-5-14(10-13)22-11-16(19-21-22)15-9-12(17(23)24)6-7-18-15/h3-7,9-11,20H,2,8H2,1H3,(H,23,24). The van der Waals surface area contributed by atoms with Gasteiger partial charge < -0.3 is 9.66 Å². The Balaban J connectivity index is 1.84. The first kappa shape index (κ1) is 17.9. The zero-order chi connectivity index (χ0) is 18.5. The van der Waals surface area contributed by atoms with Crippen molar-refractivity contribution >= 4 is 23.0 Å². The lowest BCUT2D eigenvalue weighted by Crippen LogP contribution is -2.16. The van der Waals surface area contributed by atoms with Crippen molar-refractivity contribution in [1.29, 1.82) is 0 Å². The molecular weight excluding hydrogens is 354 g/mol. The van der Waals surface area contributed by atoms with Gasteiger partial charge in [-0.25, -0.2) is 14.2 Å². The smallest absolute Gasteiger partial charge is 0.335 e. The van der Waals surface area contributed by atoms with Crippen LogP contribution in [0.4, 0.5) is 5.69 Å². The zero-order valence-corrected chi connectivity index (χ0v) is 14.8. The molecule has 0 aliphatic rings. The average molecular weight is 371 g/mol. The molecule has 1 unspecified atom stereocenters. The molecule has 0 radical (unpaired) electrons. The van der Waals surface area contributed by atoms with Crippen LogP contribution in [0.3, 0.4) is 0 Å². The van der Waals surface area contributed by atoms with E-state index in [4.69, 9.17) is 5.11 Å². The van der Waals surface area contributed by atoms with Crippen LogP contribution in [0.5, 0.6) is 0 Å². The summed E-state index contributed by atoms with van der Waals surface area (Å²) >= 11 is -1.13. The van der Waals surface area contributed by atoms with E-state index >= 15 is 0 Å². The highest BCUT2D eigenvalue weighted by Gasteiger charge is 2.11. The summed E-state index contributed by atoms with van der Waals surface area (Å²) in [4.78, 5) is 15.2. The average Bonchev–Trinajstić information content (AvgIpc) is 3.12. The van der Waals surface area contributed by atoms with E-state index in [9.17, 15) is 9.35 Å². The highest BCUT2D eigenvalue weighted by atomic mass is 32.2. The number of aromatic nitrogens is 4. The maximum Gasteiger partial charge on any atom is 0.335 e. The first-order valence-corrected chi connectivity index (χ1v) is 9.26. The van der Waals surface area contributed by atoms with Gasteiger partial charge in [-0.3, -0.25) is 4.98 Å². The maximum absolute atomic E-state index is 11.8. The molecule has 2 N–H and O–H groups in total. The molecule has 1 atom stereocenters. The van der Waals surface area contributed by atoms with Crippen LogP contribution in [-0.2, 0) is 11.4 Å². The number of nitrogens with one attached hydrogen (secondary N) is 1. The molecule has 0 amide bonds. The van der Waals surface area contributed by atoms with E-state index < -0.39 is 17.3 Å². The number of pyridine rings is 1. The van der Waals surface area contributed by atoms with Crippen LogP contribution in [0, 0.1) is 0 Å². The number of anilines is 1. The molecule has 8 nitrogen and oxygen atoms in total. The van der Waals surface area contributed by atoms with Gasteiger partial charge in [0.25, 0.3) is 0 Å². The van der Waals surface area contributed by atoms with Gasteiger partial charge in [-0.2, -0.15) is 0 Å². The number of carbonyl (C=O) groups is 1. The molecule has 3 rings (SSSR count). The van der Waals surface area contributed by atoms with Crippen LogP contribution in [0.25, 0.3) is 17.1 Å². The second-order valence-electron chi connectivity index (χ2n) is 5.49. The quantitative estimate of drug-likeness (QED) is 0.613. The van der Waals surface area contributed by atoms with Gasteiger partial charge in [0.1, 0.15) is 11.4 Å². The Labute approximate surface area is 153 Å². The van der Waals surface area contributed by atoms with Crippen LogP contribution in [-0.4, -0.2) is 41.4 Å². The number of carboxylic acids is 1. The summed E-state index contributed by atoms with van der Waals surface area (Å²) in [5.41, 5.74) is 2.47. The van der Waals surface area contributed by atoms with Gasteiger partial charge in [0.05, 0.1) is 40.2 Å². The fourth-order valence-electron chi connectivity index (χ4n) is 2.29. The van der Waals surface area contributed by atoms with Gasteiger partial charge in [0.15, 0.2) is 0 Å². The number of nitrogens with zero attached hydrogens (tertiary/aromatic N) is 4. The second-order valence-corrected chi connectivity index (χ2v) is 6.79. The molecule has 3 aromatic rings. The lowest BCUT2D eigenvalue weighted by molar-refractivity contribution is 0.0697. The van der Waals surface area contributed by atoms with E-state index in [1.807, 2.05) is 31.2 Å². The molecule has 0 spiro atoms. The number of aromatic carboxylic acids is 1. The third kappa shape index (κ3) is 4.19. The normalized spacial score (nSPS) is 11.9. The first-order chi connectivity index (χ1) is 12.6. The van der Waals surface area contributed by atoms with Crippen LogP contribution in [0.15, 0.2) is 48.8 Å². The Kier molecular flexibility index (Phi) is 5.49. The van der Waals surface area contributed by atoms with E-state index in [-0.39, 0.29) is 5.56 Å². The fourth-order valence-corrected chi connectivity index (χ4v) is 3.15. The van der Waals surface area contributed by atoms with Crippen molar-refractivity contribution in [3.05, 3.63) is 54.4 Å². The minimum atomic E-state index is -1.13. The molecule has 134 valence electrons. The van der Waals surface area contributed by atoms with Crippen molar-refractivity contribution in [2.75, 3.05) is 10.5 Å². The largest absolute Gasteiger partial charge is 0.593 e. The van der Waals surface area contributed by atoms with Crippen molar-refractivity contribution in [3.63, 3.8) is 0 Å². The number of carboxylic acid groups (broad SMARTS) is 1. The molecular formula is C17H17N5O3S. The van der Waals surface area contributed by atoms with Gasteiger partial charge in [-0.1, -0.05) is 18.2 Å². The summed E-state index contributed by atoms with van der Waals surface area (Å²) in [6.45, 7) is 1.97. The van der Waals surface area contributed by atoms with Crippen LogP contribution < -0.4 is 4.72 Å². The van der Waals surface area contributed by atoms with Crippen molar-refractivity contribution in [2.45, 2.75) is 13.3 Å². The number of hydrogen-bond donors (Lipinski definition) is 2. The van der Waals surface area contributed by atoms with Crippen LogP contribution >= 0.6 is 0 Å². The van der Waals surface area contributed by atoms with Crippen molar-refractivity contribution < 1.29 is 14.5 Å². The predicted molar refractivity (Wildman–Crippen MR) is 98.5 cm³/mol. The van der Waals surface area contributed by atoms with E-state index in [1.54, 1.807) is 10.9 Å². The van der Waals surface area contributed by atoms with Gasteiger partial charge in [-0.05, 0) is 36.8 Å². The first-order valence-electron chi connectivity index (χ1n) is 7.94. The molecule has 2 heterocycles. The molecule has 2 aromatic heterocycles. The zero-order valence-electron chi connectivity index (χ0n) is 14.0. The van der Waals surface area contributed by atoms with E-state index in [2.05, 4.69) is 20.0 Å². The molecule has 0 saturated carbocycles. The van der Waals surface area contributed by atoms with E-state index in [0.717, 1.165) is 17.8 Å². The summed E-state index contributed by atoms with van der Waals surface area (Å²) in [6.07, 6.45) is 3.91. The van der Waals surface area contributed by atoms with Gasteiger partial charge >= 0.3 is 5.97 Å². The Morgan fingerprint density at radius 3 is 2.92 bits per heavy atom. The number of benzene rings is 1. The minimum Gasteiger partial charge on any atom is -0.593 e. The van der Waals surface area contributed by atoms with Crippen molar-refractivity contribution in [1.82, 2.24) is 20.0 Å². The summed E-state index contributed by atoms with van der Waals surface area (Å²) in [5.74, 6) is -0.455. The van der Waals surface area contributed by atoms with Crippen molar-refractivity contribution in [2.24, 2.45) is 0 Å². The molecule has 9 heteroatoms. The molecule has 0 aliphatic carbocycles. The monoisotopic (exact) mass is 371 g/mol. The summed E-state index contributed by atoms with van der Waals surface area (Å²) in [5, 5.41) is 17.2. The number of hydrogen-bond acceptors (Lipinski definition) is 6. The third-order valence-electron chi connectivity index (χ3n) is 3.49. The summed E-state index contributed by atoms with van der Waals surface area (Å²) in [6, 6.07) is 10.2. The van der Waals surface area contributed by atoms with Crippen LogP contribution in [0.2, 0.25) is 0 Å². The van der Waals surface area contributed by atoms with E-state index in [1.165, 1.54) is 18.3 Å². The lowest BCUT2D eigenvalue weighted by atomic mass is 10.2. The highest BCUT2D eigenvalue weighted by molar-refractivity contribution is 7.92. The van der Waals surface area contributed by atoms with Crippen LogP contribution in [0.1, 0.15) is 23.7 Å². The lowest BCUT2D eigenvalue weighted by Gasteiger charge is -2.11. The Bertz CT molecular complexity index is 915. The Hall–Kier alpha value is -2.91. The van der Waals surface area contributed by atoms with Crippen molar-refractivity contribution in [3.8, 4) is 17.1 Å². The SMILES string of the molecule is CCC[S+]([O-])Nc1cccc(-n2cc(-c3cc(C(=O)O)ccn3)nn2)c1. The predicted octanol–water partition coefficient (Wildman–Crippen LogP) is 2.51. The van der Waals surface area contributed by atoms with Gasteiger partial charge in [-0.15, -0.1) is 5.10 Å². The molecule has 1 aromatic carbocycles. The summed E-state index contributed by atoms with van der Waals surface area (Å²) < 4.78 is 16.3. The highest BCUT2D eigenvalue weighted by Crippen LogP contribution is 2.19. The van der Waals surface area contributed by atoms with Gasteiger partial charge in [0.2, 0.25) is 0 Å². The fraction of sp³-hybridized carbons (Fsp3) is 0.176. The molecule has 0 fully saturated rings. The Morgan fingerprint density at radius 1 is 1.31 bits per heavy atom. The number of rotatable bonds is 7. The van der Waals surface area contributed by atoms with E-state index in [0.29, 0.717) is 17.1 Å².